The van der Waals surface area contributed by atoms with Gasteiger partial charge in [-0.05, 0) is 48.9 Å². The predicted molar refractivity (Wildman–Crippen MR) is 115 cm³/mol. The molecule has 0 saturated heterocycles. The first-order valence-electron chi connectivity index (χ1n) is 9.64. The third kappa shape index (κ3) is 5.01. The Balaban J connectivity index is 1.59. The molecule has 4 aromatic rings. The molecule has 0 radical (unpaired) electrons. The number of benzene rings is 1. The number of amides is 1. The molecule has 3 aromatic heterocycles. The van der Waals surface area contributed by atoms with Crippen LogP contribution in [0.25, 0.3) is 16.8 Å². The van der Waals surface area contributed by atoms with E-state index in [0.29, 0.717) is 16.8 Å². The maximum absolute atomic E-state index is 14.3. The number of nitrogens with one attached hydrogen (secondary N) is 1. The molecule has 0 aliphatic heterocycles. The summed E-state index contributed by atoms with van der Waals surface area (Å²) in [4.78, 5) is 21.0. The second-order valence-electron chi connectivity index (χ2n) is 7.18. The molecule has 8 nitrogen and oxygen atoms in total. The van der Waals surface area contributed by atoms with Gasteiger partial charge in [0, 0.05) is 23.5 Å². The van der Waals surface area contributed by atoms with Gasteiger partial charge in [-0.25, -0.2) is 13.9 Å². The van der Waals surface area contributed by atoms with Crippen LogP contribution in [0.5, 0.6) is 5.75 Å². The highest BCUT2D eigenvalue weighted by molar-refractivity contribution is 6.32. The Bertz CT molecular complexity index is 1390. The minimum Gasteiger partial charge on any atom is -0.406 e. The molecule has 0 fully saturated rings. The van der Waals surface area contributed by atoms with Crippen LogP contribution in [-0.2, 0) is 0 Å². The predicted octanol–water partition coefficient (Wildman–Crippen LogP) is 4.56. The van der Waals surface area contributed by atoms with Crippen LogP contribution in [0.3, 0.4) is 0 Å². The minimum atomic E-state index is -4.94. The number of nitrogen functional groups attached to an aromatic ring is 1. The highest BCUT2D eigenvalue weighted by Crippen LogP contribution is 2.29. The molecule has 0 unspecified atom stereocenters. The smallest absolute Gasteiger partial charge is 0.406 e. The summed E-state index contributed by atoms with van der Waals surface area (Å²) in [5.74, 6) is -2.05. The van der Waals surface area contributed by atoms with Crippen molar-refractivity contribution >= 4 is 29.1 Å². The zero-order valence-electron chi connectivity index (χ0n) is 17.3. The summed E-state index contributed by atoms with van der Waals surface area (Å²) in [6.07, 6.45) is -1.86. The lowest BCUT2D eigenvalue weighted by Gasteiger charge is -2.17. The van der Waals surface area contributed by atoms with Gasteiger partial charge in [0.1, 0.15) is 16.7 Å². The normalized spacial score (nSPS) is 12.5. The number of alkyl halides is 3. The van der Waals surface area contributed by atoms with Crippen LogP contribution in [0.4, 0.5) is 23.5 Å². The van der Waals surface area contributed by atoms with Crippen LogP contribution in [-0.4, -0.2) is 31.9 Å². The number of hydrogen-bond donors (Lipinski definition) is 2. The van der Waals surface area contributed by atoms with Gasteiger partial charge in [0.05, 0.1) is 11.6 Å². The molecule has 0 saturated carbocycles. The number of fused-ring (bicyclic) bond motifs is 1. The number of pyridine rings is 2. The Hall–Kier alpha value is -3.93. The maximum atomic E-state index is 14.3. The fourth-order valence-electron chi connectivity index (χ4n) is 3.25. The number of rotatable bonds is 5. The van der Waals surface area contributed by atoms with Crippen molar-refractivity contribution in [1.29, 1.82) is 0 Å². The maximum Gasteiger partial charge on any atom is 0.573 e. The Kier molecular flexibility index (Phi) is 6.00. The lowest BCUT2D eigenvalue weighted by atomic mass is 10.1. The summed E-state index contributed by atoms with van der Waals surface area (Å²) >= 11 is 6.10. The molecule has 0 aliphatic carbocycles. The highest BCUT2D eigenvalue weighted by atomic mass is 35.5. The molecule has 0 aliphatic rings. The van der Waals surface area contributed by atoms with Crippen LogP contribution in [0, 0.1) is 5.82 Å². The second kappa shape index (κ2) is 8.78. The van der Waals surface area contributed by atoms with E-state index in [2.05, 4.69) is 25.1 Å². The van der Waals surface area contributed by atoms with Gasteiger partial charge < -0.3 is 15.8 Å². The van der Waals surface area contributed by atoms with Crippen LogP contribution in [0.1, 0.15) is 28.9 Å². The van der Waals surface area contributed by atoms with E-state index in [0.717, 1.165) is 18.2 Å². The number of ether oxygens (including phenoxy) is 1. The van der Waals surface area contributed by atoms with Crippen LogP contribution < -0.4 is 15.8 Å². The number of aromatic nitrogens is 4. The molecule has 4 rings (SSSR count). The third-order valence-corrected chi connectivity index (χ3v) is 5.09. The van der Waals surface area contributed by atoms with Gasteiger partial charge in [-0.3, -0.25) is 4.79 Å². The molecule has 34 heavy (non-hydrogen) atoms. The van der Waals surface area contributed by atoms with E-state index >= 15 is 0 Å². The van der Waals surface area contributed by atoms with E-state index < -0.39 is 29.9 Å². The van der Waals surface area contributed by atoms with E-state index in [1.54, 1.807) is 18.3 Å². The van der Waals surface area contributed by atoms with Gasteiger partial charge in [0.2, 0.25) is 5.95 Å². The summed E-state index contributed by atoms with van der Waals surface area (Å²) in [6, 6.07) is 6.37. The number of nitrogens with zero attached hydrogens (tertiary/aromatic N) is 4. The summed E-state index contributed by atoms with van der Waals surface area (Å²) < 4.78 is 57.0. The second-order valence-corrected chi connectivity index (χ2v) is 7.53. The van der Waals surface area contributed by atoms with Gasteiger partial charge >= 0.3 is 6.36 Å². The van der Waals surface area contributed by atoms with Gasteiger partial charge in [-0.2, -0.15) is 4.98 Å². The average molecular weight is 495 g/mol. The van der Waals surface area contributed by atoms with E-state index in [1.165, 1.54) is 23.7 Å². The molecule has 1 atom stereocenters. The molecule has 3 N–H and O–H groups in total. The van der Waals surface area contributed by atoms with Crippen molar-refractivity contribution in [2.24, 2.45) is 0 Å². The van der Waals surface area contributed by atoms with Gasteiger partial charge in [0.15, 0.2) is 5.65 Å². The van der Waals surface area contributed by atoms with Gasteiger partial charge in [0.25, 0.3) is 5.91 Å². The van der Waals surface area contributed by atoms with Crippen LogP contribution in [0.15, 0.2) is 48.8 Å². The lowest BCUT2D eigenvalue weighted by molar-refractivity contribution is -0.274. The average Bonchev–Trinajstić information content (AvgIpc) is 3.13. The summed E-state index contributed by atoms with van der Waals surface area (Å²) in [5.41, 5.74) is 7.02. The van der Waals surface area contributed by atoms with Crippen LogP contribution in [0.2, 0.25) is 5.15 Å². The summed E-state index contributed by atoms with van der Waals surface area (Å²) in [6.45, 7) is 1.41. The SMILES string of the molecule is C[C@@H](NC(=O)c1cc(-c2ccn3nc(N)nc3c2)cnc1Cl)c1cc(OC(F)(F)F)ccc1F. The largest absolute Gasteiger partial charge is 0.573 e. The highest BCUT2D eigenvalue weighted by Gasteiger charge is 2.31. The van der Waals surface area contributed by atoms with E-state index in [9.17, 15) is 22.4 Å². The van der Waals surface area contributed by atoms with Crippen LogP contribution >= 0.6 is 11.6 Å². The Morgan fingerprint density at radius 1 is 1.21 bits per heavy atom. The first-order valence-corrected chi connectivity index (χ1v) is 10.0. The molecule has 176 valence electrons. The van der Waals surface area contributed by atoms with Gasteiger partial charge in [-0.1, -0.05) is 11.6 Å². The van der Waals surface area contributed by atoms with Gasteiger partial charge in [-0.15, -0.1) is 18.3 Å². The summed E-state index contributed by atoms with van der Waals surface area (Å²) in [5, 5.41) is 6.38. The molecule has 1 aromatic carbocycles. The minimum absolute atomic E-state index is 0.0185. The van der Waals surface area contributed by atoms with E-state index in [4.69, 9.17) is 17.3 Å². The van der Waals surface area contributed by atoms with Crippen molar-refractivity contribution < 1.29 is 27.1 Å². The third-order valence-electron chi connectivity index (χ3n) is 4.79. The molecular weight excluding hydrogens is 480 g/mol. The molecular formula is C21H15ClF4N6O2. The Labute approximate surface area is 194 Å². The molecule has 0 spiro atoms. The monoisotopic (exact) mass is 494 g/mol. The molecule has 0 bridgehead atoms. The van der Waals surface area contributed by atoms with E-state index in [-0.39, 0.29) is 22.2 Å². The van der Waals surface area contributed by atoms with Crippen molar-refractivity contribution in [3.63, 3.8) is 0 Å². The first-order chi connectivity index (χ1) is 16.0. The topological polar surface area (TPSA) is 107 Å². The van der Waals surface area contributed by atoms with Crippen molar-refractivity contribution in [2.45, 2.75) is 19.3 Å². The summed E-state index contributed by atoms with van der Waals surface area (Å²) in [7, 11) is 0. The zero-order valence-corrected chi connectivity index (χ0v) is 18.0. The van der Waals surface area contributed by atoms with Crippen molar-refractivity contribution in [3.8, 4) is 16.9 Å². The molecule has 3 heterocycles. The number of anilines is 1. The molecule has 13 heteroatoms. The van der Waals surface area contributed by atoms with E-state index in [1.807, 2.05) is 0 Å². The number of hydrogen-bond acceptors (Lipinski definition) is 6. The number of nitrogens with two attached hydrogens (primary N) is 1. The quantitative estimate of drug-likeness (QED) is 0.311. The zero-order chi connectivity index (χ0) is 24.6. The number of carbonyl (C=O) groups excluding carboxylic acids is 1. The number of halogens is 5. The fourth-order valence-corrected chi connectivity index (χ4v) is 3.44. The first kappa shape index (κ1) is 23.2. The Morgan fingerprint density at radius 3 is 2.71 bits per heavy atom. The van der Waals surface area contributed by atoms with Crippen molar-refractivity contribution in [1.82, 2.24) is 24.9 Å². The fraction of sp³-hybridized carbons (Fsp3) is 0.143. The van der Waals surface area contributed by atoms with Crippen molar-refractivity contribution in [3.05, 3.63) is 70.9 Å². The lowest BCUT2D eigenvalue weighted by Crippen LogP contribution is -2.28. The standard InChI is InChI=1S/C21H15ClF4N6O2/c1-10(14-8-13(2-3-16(14)23)34-21(24,25)26)29-19(33)15-6-12(9-28-18(15)22)11-4-5-32-17(7-11)30-20(27)31-32/h2-10H,1H3,(H2,27,31)(H,29,33)/t10-/m1/s1. The Morgan fingerprint density at radius 2 is 1.97 bits per heavy atom. The number of carbonyl (C=O) groups is 1. The van der Waals surface area contributed by atoms with Crippen molar-refractivity contribution in [2.75, 3.05) is 5.73 Å². The molecule has 1 amide bonds.